The number of carbonyl (C=O) groups is 1. The molecule has 5 nitrogen and oxygen atoms in total. The number of hydrogen-bond donors (Lipinski definition) is 0. The lowest BCUT2D eigenvalue weighted by Crippen LogP contribution is -1.94. The van der Waals surface area contributed by atoms with Crippen LogP contribution in [0.25, 0.3) is 16.8 Å². The maximum Gasteiger partial charge on any atom is 0.231 e. The lowest BCUT2D eigenvalue weighted by molar-refractivity contribution is 0.104. The molecule has 0 saturated carbocycles. The van der Waals surface area contributed by atoms with Gasteiger partial charge >= 0.3 is 0 Å². The van der Waals surface area contributed by atoms with Gasteiger partial charge in [-0.05, 0) is 58.8 Å². The lowest BCUT2D eigenvalue weighted by Gasteiger charge is -2.09. The number of fused-ring (bicyclic) bond motifs is 2. The molecule has 136 valence electrons. The van der Waals surface area contributed by atoms with Crippen LogP contribution in [0.15, 0.2) is 54.6 Å². The summed E-state index contributed by atoms with van der Waals surface area (Å²) in [4.78, 5) is 12.4. The Morgan fingerprint density at radius 3 is 2.41 bits per heavy atom. The third-order valence-corrected chi connectivity index (χ3v) is 4.45. The summed E-state index contributed by atoms with van der Waals surface area (Å²) in [6, 6.07) is 15.0. The molecule has 1 heterocycles. The number of ether oxygens (including phenoxy) is 4. The average Bonchev–Trinajstić information content (AvgIpc) is 3.18. The average molecular weight is 362 g/mol. The number of ketones is 1. The summed E-state index contributed by atoms with van der Waals surface area (Å²) >= 11 is 0. The highest BCUT2D eigenvalue weighted by Gasteiger charge is 2.15. The predicted molar refractivity (Wildman–Crippen MR) is 103 cm³/mol. The van der Waals surface area contributed by atoms with Gasteiger partial charge in [0, 0.05) is 5.56 Å². The molecule has 0 amide bonds. The van der Waals surface area contributed by atoms with Crippen LogP contribution < -0.4 is 18.9 Å². The number of hydrogen-bond acceptors (Lipinski definition) is 5. The Balaban J connectivity index is 1.59. The van der Waals surface area contributed by atoms with E-state index in [1.54, 1.807) is 44.6 Å². The maximum atomic E-state index is 12.4. The first-order valence-corrected chi connectivity index (χ1v) is 8.46. The Kier molecular flexibility index (Phi) is 4.42. The van der Waals surface area contributed by atoms with Gasteiger partial charge in [0.05, 0.1) is 14.2 Å². The zero-order chi connectivity index (χ0) is 18.8. The molecule has 0 saturated heterocycles. The first-order chi connectivity index (χ1) is 13.2. The summed E-state index contributed by atoms with van der Waals surface area (Å²) in [7, 11) is 3.22. The Morgan fingerprint density at radius 1 is 0.889 bits per heavy atom. The monoisotopic (exact) mass is 362 g/mol. The van der Waals surface area contributed by atoms with Gasteiger partial charge in [0.25, 0.3) is 0 Å². The normalized spacial score (nSPS) is 12.5. The van der Waals surface area contributed by atoms with E-state index in [2.05, 4.69) is 0 Å². The van der Waals surface area contributed by atoms with Gasteiger partial charge in [0.1, 0.15) is 0 Å². The van der Waals surface area contributed by atoms with Gasteiger partial charge in [-0.3, -0.25) is 4.79 Å². The minimum Gasteiger partial charge on any atom is -0.493 e. The molecule has 0 aromatic heterocycles. The summed E-state index contributed by atoms with van der Waals surface area (Å²) in [6.07, 6.45) is 3.35. The molecule has 0 bridgehead atoms. The van der Waals surface area contributed by atoms with E-state index < -0.39 is 0 Å². The highest BCUT2D eigenvalue weighted by atomic mass is 16.7. The summed E-state index contributed by atoms with van der Waals surface area (Å²) in [5.41, 5.74) is 1.48. The van der Waals surface area contributed by atoms with Crippen LogP contribution >= 0.6 is 0 Å². The van der Waals surface area contributed by atoms with Crippen molar-refractivity contribution in [2.45, 2.75) is 0 Å². The molecule has 27 heavy (non-hydrogen) atoms. The fourth-order valence-electron chi connectivity index (χ4n) is 3.02. The molecule has 0 unspecified atom stereocenters. The van der Waals surface area contributed by atoms with Gasteiger partial charge in [-0.2, -0.15) is 0 Å². The number of rotatable bonds is 5. The highest BCUT2D eigenvalue weighted by molar-refractivity contribution is 6.07. The highest BCUT2D eigenvalue weighted by Crippen LogP contribution is 2.34. The van der Waals surface area contributed by atoms with E-state index in [0.717, 1.165) is 16.3 Å². The van der Waals surface area contributed by atoms with Crippen LogP contribution in [0.2, 0.25) is 0 Å². The molecule has 1 aliphatic rings. The Hall–Kier alpha value is -3.47. The van der Waals surface area contributed by atoms with Crippen molar-refractivity contribution < 1.29 is 23.7 Å². The molecule has 0 spiro atoms. The molecule has 1 aliphatic heterocycles. The third kappa shape index (κ3) is 3.31. The minimum atomic E-state index is -0.0966. The molecule has 3 aromatic carbocycles. The molecule has 0 radical (unpaired) electrons. The van der Waals surface area contributed by atoms with E-state index in [-0.39, 0.29) is 12.6 Å². The van der Waals surface area contributed by atoms with Crippen LogP contribution in [0.4, 0.5) is 0 Å². The van der Waals surface area contributed by atoms with Gasteiger partial charge in [-0.25, -0.2) is 0 Å². The van der Waals surface area contributed by atoms with Crippen LogP contribution in [0, 0.1) is 0 Å². The fraction of sp³-hybridized carbons (Fsp3) is 0.136. The van der Waals surface area contributed by atoms with E-state index in [1.165, 1.54) is 0 Å². The van der Waals surface area contributed by atoms with Crippen molar-refractivity contribution in [2.24, 2.45) is 0 Å². The topological polar surface area (TPSA) is 54.0 Å². The second kappa shape index (κ2) is 7.03. The van der Waals surface area contributed by atoms with Gasteiger partial charge in [0.2, 0.25) is 6.79 Å². The molecule has 5 heteroatoms. The van der Waals surface area contributed by atoms with Crippen molar-refractivity contribution in [1.29, 1.82) is 0 Å². The summed E-state index contributed by atoms with van der Waals surface area (Å²) in [5.74, 6) is 2.52. The largest absolute Gasteiger partial charge is 0.493 e. The quantitative estimate of drug-likeness (QED) is 0.495. The van der Waals surface area contributed by atoms with Crippen molar-refractivity contribution in [3.8, 4) is 23.0 Å². The van der Waals surface area contributed by atoms with E-state index in [9.17, 15) is 4.79 Å². The standard InChI is InChI=1S/C22H18O5/c1-24-20-10-15-5-3-14(9-17(15)12-21(20)25-2)4-7-18(23)16-6-8-19-22(11-16)27-13-26-19/h3-12H,13H2,1-2H3/b7-4+. The summed E-state index contributed by atoms with van der Waals surface area (Å²) < 4.78 is 21.3. The Labute approximate surface area is 156 Å². The van der Waals surface area contributed by atoms with Crippen LogP contribution in [-0.2, 0) is 0 Å². The van der Waals surface area contributed by atoms with Crippen LogP contribution in [-0.4, -0.2) is 26.8 Å². The van der Waals surface area contributed by atoms with Crippen molar-refractivity contribution in [3.63, 3.8) is 0 Å². The Morgan fingerprint density at radius 2 is 1.63 bits per heavy atom. The molecule has 3 aromatic rings. The Bertz CT molecular complexity index is 1050. The van der Waals surface area contributed by atoms with Gasteiger partial charge in [-0.1, -0.05) is 18.2 Å². The molecular formula is C22H18O5. The van der Waals surface area contributed by atoms with Crippen LogP contribution in [0.3, 0.4) is 0 Å². The second-order valence-corrected chi connectivity index (χ2v) is 6.08. The van der Waals surface area contributed by atoms with E-state index in [1.807, 2.05) is 30.3 Å². The predicted octanol–water partition coefficient (Wildman–Crippen LogP) is 4.48. The SMILES string of the molecule is COc1cc2ccc(/C=C/C(=O)c3ccc4c(c3)OCO4)cc2cc1OC. The number of carbonyl (C=O) groups excluding carboxylic acids is 1. The van der Waals surface area contributed by atoms with E-state index >= 15 is 0 Å². The third-order valence-electron chi connectivity index (χ3n) is 4.45. The molecule has 0 aliphatic carbocycles. The van der Waals surface area contributed by atoms with Crippen LogP contribution in [0.1, 0.15) is 15.9 Å². The molecule has 0 atom stereocenters. The zero-order valence-corrected chi connectivity index (χ0v) is 15.0. The van der Waals surface area contributed by atoms with E-state index in [4.69, 9.17) is 18.9 Å². The van der Waals surface area contributed by atoms with Gasteiger partial charge < -0.3 is 18.9 Å². The minimum absolute atomic E-state index is 0.0966. The number of allylic oxidation sites excluding steroid dienone is 1. The van der Waals surface area contributed by atoms with Crippen LogP contribution in [0.5, 0.6) is 23.0 Å². The number of benzene rings is 3. The van der Waals surface area contributed by atoms with E-state index in [0.29, 0.717) is 28.6 Å². The second-order valence-electron chi connectivity index (χ2n) is 6.08. The van der Waals surface area contributed by atoms with Gasteiger partial charge in [0.15, 0.2) is 28.8 Å². The maximum absolute atomic E-state index is 12.4. The smallest absolute Gasteiger partial charge is 0.231 e. The van der Waals surface area contributed by atoms with Crippen molar-refractivity contribution in [3.05, 3.63) is 65.7 Å². The van der Waals surface area contributed by atoms with Crippen molar-refractivity contribution in [2.75, 3.05) is 21.0 Å². The van der Waals surface area contributed by atoms with Gasteiger partial charge in [-0.15, -0.1) is 0 Å². The van der Waals surface area contributed by atoms with Crippen molar-refractivity contribution >= 4 is 22.6 Å². The lowest BCUT2D eigenvalue weighted by atomic mass is 10.0. The number of methoxy groups -OCH3 is 2. The first kappa shape index (κ1) is 17.0. The molecule has 0 fully saturated rings. The first-order valence-electron chi connectivity index (χ1n) is 8.46. The molecular weight excluding hydrogens is 344 g/mol. The summed E-state index contributed by atoms with van der Waals surface area (Å²) in [6.45, 7) is 0.189. The molecule has 0 N–H and O–H groups in total. The molecule has 4 rings (SSSR count). The fourth-order valence-corrected chi connectivity index (χ4v) is 3.02. The zero-order valence-electron chi connectivity index (χ0n) is 15.0. The summed E-state index contributed by atoms with van der Waals surface area (Å²) in [5, 5.41) is 2.04. The van der Waals surface area contributed by atoms with Crippen molar-refractivity contribution in [1.82, 2.24) is 0 Å².